The van der Waals surface area contributed by atoms with Crippen LogP contribution in [0.5, 0.6) is 5.75 Å². The molecule has 2 rings (SSSR count). The van der Waals surface area contributed by atoms with Gasteiger partial charge in [0, 0.05) is 12.1 Å². The fourth-order valence-electron chi connectivity index (χ4n) is 1.92. The minimum Gasteiger partial charge on any atom is -0.483 e. The van der Waals surface area contributed by atoms with E-state index < -0.39 is 10.8 Å². The van der Waals surface area contributed by atoms with E-state index in [1.807, 2.05) is 26.0 Å². The number of nitrogens with zero attached hydrogens (tertiary/aromatic N) is 2. The number of non-ortho nitro benzene ring substituents is 1. The van der Waals surface area contributed by atoms with Crippen molar-refractivity contribution in [2.45, 2.75) is 13.8 Å². The number of benzene rings is 2. The zero-order valence-electron chi connectivity index (χ0n) is 13.4. The lowest BCUT2D eigenvalue weighted by Gasteiger charge is -2.09. The smallest absolute Gasteiger partial charge is 0.277 e. The molecule has 1 N–H and O–H groups in total. The number of nitrogens with one attached hydrogen (secondary N) is 1. The summed E-state index contributed by atoms with van der Waals surface area (Å²) in [5.41, 5.74) is 5.05. The molecule has 124 valence electrons. The summed E-state index contributed by atoms with van der Waals surface area (Å²) in [5, 5.41) is 14.3. The lowest BCUT2D eigenvalue weighted by molar-refractivity contribution is -0.384. The van der Waals surface area contributed by atoms with Crippen LogP contribution in [0, 0.1) is 24.0 Å². The average molecular weight is 327 g/mol. The highest BCUT2D eigenvalue weighted by molar-refractivity contribution is 5.83. The third kappa shape index (κ3) is 4.64. The molecule has 0 aliphatic carbocycles. The molecule has 2 aromatic rings. The van der Waals surface area contributed by atoms with Crippen LogP contribution in [0.4, 0.5) is 5.69 Å². The lowest BCUT2D eigenvalue weighted by Crippen LogP contribution is -2.24. The van der Waals surface area contributed by atoms with Gasteiger partial charge < -0.3 is 4.74 Å². The molecule has 0 radical (unpaired) electrons. The molecule has 0 atom stereocenters. The highest BCUT2D eigenvalue weighted by Gasteiger charge is 2.05. The van der Waals surface area contributed by atoms with E-state index in [1.54, 1.807) is 18.2 Å². The molecule has 1 amide bonds. The number of hydrogen-bond acceptors (Lipinski definition) is 5. The number of carbonyl (C=O) groups is 1. The van der Waals surface area contributed by atoms with Crippen LogP contribution in [0.1, 0.15) is 16.7 Å². The number of nitro benzene ring substituents is 1. The van der Waals surface area contributed by atoms with Crippen molar-refractivity contribution in [2.24, 2.45) is 5.10 Å². The predicted molar refractivity (Wildman–Crippen MR) is 90.2 cm³/mol. The largest absolute Gasteiger partial charge is 0.483 e. The second-order valence-corrected chi connectivity index (χ2v) is 5.13. The van der Waals surface area contributed by atoms with Crippen LogP contribution >= 0.6 is 0 Å². The molecule has 0 saturated carbocycles. The minimum atomic E-state index is -0.479. The van der Waals surface area contributed by atoms with Gasteiger partial charge in [0.25, 0.3) is 11.6 Å². The second-order valence-electron chi connectivity index (χ2n) is 5.13. The first-order valence-corrected chi connectivity index (χ1v) is 7.23. The quantitative estimate of drug-likeness (QED) is 0.501. The normalized spacial score (nSPS) is 10.6. The summed E-state index contributed by atoms with van der Waals surface area (Å²) in [6.45, 7) is 3.74. The molecule has 2 aromatic carbocycles. The topological polar surface area (TPSA) is 93.8 Å². The van der Waals surface area contributed by atoms with Crippen LogP contribution in [0.25, 0.3) is 0 Å². The molecule has 0 heterocycles. The highest BCUT2D eigenvalue weighted by Crippen LogP contribution is 2.20. The predicted octanol–water partition coefficient (Wildman–Crippen LogP) is 2.74. The summed E-state index contributed by atoms with van der Waals surface area (Å²) in [4.78, 5) is 21.8. The van der Waals surface area contributed by atoms with Gasteiger partial charge in [-0.2, -0.15) is 5.10 Å². The molecule has 0 saturated heterocycles. The number of amides is 1. The molecular formula is C17H17N3O4. The first-order valence-electron chi connectivity index (χ1n) is 7.23. The van der Waals surface area contributed by atoms with Crippen LogP contribution < -0.4 is 10.2 Å². The third-order valence-corrected chi connectivity index (χ3v) is 3.42. The van der Waals surface area contributed by atoms with Gasteiger partial charge in [0.1, 0.15) is 5.75 Å². The Kier molecular flexibility index (Phi) is 5.62. The number of ether oxygens (including phenoxy) is 1. The van der Waals surface area contributed by atoms with Crippen LogP contribution in [0.15, 0.2) is 47.6 Å². The molecular weight excluding hydrogens is 310 g/mol. The highest BCUT2D eigenvalue weighted by atomic mass is 16.6. The first-order chi connectivity index (χ1) is 11.5. The molecule has 0 spiro atoms. The molecule has 0 fully saturated rings. The standard InChI is InChI=1S/C17H17N3O4/c1-12-4-3-5-16(13(12)2)24-11-17(21)19-18-10-14-6-8-15(9-7-14)20(22)23/h3-10H,11H2,1-2H3,(H,19,21)/b18-10-. The molecule has 0 aliphatic rings. The molecule has 0 aliphatic heterocycles. The fourth-order valence-corrected chi connectivity index (χ4v) is 1.92. The first kappa shape index (κ1) is 17.1. The van der Waals surface area contributed by atoms with Crippen LogP contribution in [-0.2, 0) is 4.79 Å². The summed E-state index contributed by atoms with van der Waals surface area (Å²) >= 11 is 0. The Morgan fingerprint density at radius 1 is 1.25 bits per heavy atom. The lowest BCUT2D eigenvalue weighted by atomic mass is 10.1. The molecule has 0 unspecified atom stereocenters. The number of carbonyl (C=O) groups excluding carboxylic acids is 1. The Morgan fingerprint density at radius 3 is 2.62 bits per heavy atom. The van der Waals surface area contributed by atoms with Crippen molar-refractivity contribution in [1.29, 1.82) is 0 Å². The van der Waals surface area contributed by atoms with Gasteiger partial charge in [-0.3, -0.25) is 14.9 Å². The zero-order chi connectivity index (χ0) is 17.5. The van der Waals surface area contributed by atoms with Crippen LogP contribution in [-0.4, -0.2) is 23.7 Å². The molecule has 24 heavy (non-hydrogen) atoms. The second kappa shape index (κ2) is 7.87. The summed E-state index contributed by atoms with van der Waals surface area (Å²) in [6.07, 6.45) is 1.40. The molecule has 7 heteroatoms. The van der Waals surface area contributed by atoms with Crippen LogP contribution in [0.3, 0.4) is 0 Å². The summed E-state index contributed by atoms with van der Waals surface area (Å²) in [7, 11) is 0. The molecule has 0 aromatic heterocycles. The van der Waals surface area contributed by atoms with Gasteiger partial charge in [-0.15, -0.1) is 0 Å². The number of nitro groups is 1. The zero-order valence-corrected chi connectivity index (χ0v) is 13.4. The van der Waals surface area contributed by atoms with E-state index in [0.717, 1.165) is 11.1 Å². The van der Waals surface area contributed by atoms with Crippen molar-refractivity contribution in [3.05, 3.63) is 69.3 Å². The number of rotatable bonds is 6. The SMILES string of the molecule is Cc1cccc(OCC(=O)N/N=C\c2ccc([N+](=O)[O-])cc2)c1C. The van der Waals surface area contributed by atoms with Crippen molar-refractivity contribution >= 4 is 17.8 Å². The van der Waals surface area contributed by atoms with E-state index in [0.29, 0.717) is 11.3 Å². The maximum absolute atomic E-state index is 11.7. The van der Waals surface area contributed by atoms with Gasteiger partial charge >= 0.3 is 0 Å². The monoisotopic (exact) mass is 327 g/mol. The maximum Gasteiger partial charge on any atom is 0.277 e. The minimum absolute atomic E-state index is 0.00175. The van der Waals surface area contributed by atoms with E-state index in [-0.39, 0.29) is 12.3 Å². The van der Waals surface area contributed by atoms with E-state index in [9.17, 15) is 14.9 Å². The van der Waals surface area contributed by atoms with Gasteiger partial charge in [-0.25, -0.2) is 5.43 Å². The summed E-state index contributed by atoms with van der Waals surface area (Å²) < 4.78 is 5.46. The molecule has 0 bridgehead atoms. The number of hydrazone groups is 1. The van der Waals surface area contributed by atoms with E-state index in [2.05, 4.69) is 10.5 Å². The Morgan fingerprint density at radius 2 is 1.96 bits per heavy atom. The van der Waals surface area contributed by atoms with Gasteiger partial charge in [-0.05, 0) is 48.7 Å². The van der Waals surface area contributed by atoms with Crippen molar-refractivity contribution in [2.75, 3.05) is 6.61 Å². The number of hydrogen-bond donors (Lipinski definition) is 1. The Balaban J connectivity index is 1.84. The molecule has 7 nitrogen and oxygen atoms in total. The van der Waals surface area contributed by atoms with Crippen molar-refractivity contribution < 1.29 is 14.5 Å². The van der Waals surface area contributed by atoms with Crippen molar-refractivity contribution in [3.8, 4) is 5.75 Å². The Bertz CT molecular complexity index is 770. The van der Waals surface area contributed by atoms with E-state index in [1.165, 1.54) is 18.3 Å². The van der Waals surface area contributed by atoms with Gasteiger partial charge in [0.15, 0.2) is 6.61 Å². The third-order valence-electron chi connectivity index (χ3n) is 3.42. The van der Waals surface area contributed by atoms with Gasteiger partial charge in [-0.1, -0.05) is 12.1 Å². The van der Waals surface area contributed by atoms with Crippen molar-refractivity contribution in [1.82, 2.24) is 5.43 Å². The van der Waals surface area contributed by atoms with Gasteiger partial charge in [0.05, 0.1) is 11.1 Å². The Labute approximate surface area is 139 Å². The van der Waals surface area contributed by atoms with E-state index >= 15 is 0 Å². The maximum atomic E-state index is 11.7. The Hall–Kier alpha value is -3.22. The average Bonchev–Trinajstić information content (AvgIpc) is 2.56. The number of aryl methyl sites for hydroxylation is 1. The van der Waals surface area contributed by atoms with Crippen molar-refractivity contribution in [3.63, 3.8) is 0 Å². The summed E-state index contributed by atoms with van der Waals surface area (Å²) in [5.74, 6) is 0.263. The fraction of sp³-hybridized carbons (Fsp3) is 0.176. The van der Waals surface area contributed by atoms with Crippen LogP contribution in [0.2, 0.25) is 0 Å². The summed E-state index contributed by atoms with van der Waals surface area (Å²) in [6, 6.07) is 11.5. The van der Waals surface area contributed by atoms with Gasteiger partial charge in [0.2, 0.25) is 0 Å². The van der Waals surface area contributed by atoms with E-state index in [4.69, 9.17) is 4.74 Å².